The van der Waals surface area contributed by atoms with Crippen LogP contribution in [0.2, 0.25) is 0 Å². The van der Waals surface area contributed by atoms with Crippen LogP contribution in [0.1, 0.15) is 23.2 Å². The first-order valence-electron chi connectivity index (χ1n) is 12.7. The number of methoxy groups -OCH3 is 1. The third-order valence-electron chi connectivity index (χ3n) is 7.82. The Labute approximate surface area is 209 Å². The molecule has 1 N–H and O–H groups in total. The average Bonchev–Trinajstić information content (AvgIpc) is 3.36. The Kier molecular flexibility index (Phi) is 5.04. The summed E-state index contributed by atoms with van der Waals surface area (Å²) in [6, 6.07) is 10.2. The molecule has 2 aliphatic heterocycles. The summed E-state index contributed by atoms with van der Waals surface area (Å²) >= 11 is 0. The highest BCUT2D eigenvalue weighted by molar-refractivity contribution is 6.00. The highest BCUT2D eigenvalue weighted by Gasteiger charge is 2.38. The van der Waals surface area contributed by atoms with Crippen molar-refractivity contribution in [1.29, 1.82) is 0 Å². The summed E-state index contributed by atoms with van der Waals surface area (Å²) in [6.07, 6.45) is 4.41. The van der Waals surface area contributed by atoms with Crippen molar-refractivity contribution in [2.24, 2.45) is 13.0 Å². The second-order valence-corrected chi connectivity index (χ2v) is 10.2. The Morgan fingerprint density at radius 2 is 2.14 bits per heavy atom. The first kappa shape index (κ1) is 21.8. The number of carbonyl (C=O) groups is 1. The number of hydrogen-bond acceptors (Lipinski definition) is 6. The van der Waals surface area contributed by atoms with Gasteiger partial charge in [-0.3, -0.25) is 4.79 Å². The van der Waals surface area contributed by atoms with Gasteiger partial charge in [-0.1, -0.05) is 0 Å². The minimum absolute atomic E-state index is 0.0192. The monoisotopic (exact) mass is 486 g/mol. The first-order valence-corrected chi connectivity index (χ1v) is 12.7. The number of morpholine rings is 1. The van der Waals surface area contributed by atoms with Crippen LogP contribution in [-0.2, 0) is 18.3 Å². The van der Waals surface area contributed by atoms with E-state index in [1.807, 2.05) is 36.3 Å². The lowest BCUT2D eigenvalue weighted by molar-refractivity contribution is 0.0176. The zero-order chi connectivity index (χ0) is 24.4. The molecule has 9 heteroatoms. The first-order chi connectivity index (χ1) is 17.6. The number of nitrogens with zero attached hydrogens (tertiary/aromatic N) is 5. The number of aryl methyl sites for hydroxylation is 1. The van der Waals surface area contributed by atoms with Crippen LogP contribution in [0.4, 0.5) is 0 Å². The molecule has 1 amide bonds. The number of likely N-dealkylation sites (tertiary alicyclic amines) is 1. The normalized spacial score (nSPS) is 21.9. The standard InChI is InChI=1S/C27H30N6O3/c1-31-24-19(30-26(31)21-11-17-4-3-7-29-25(17)33(21)13-16-5-6-16)10-18(12-22(24)35-2)27(34)32-14-20-23(15-32)36-9-8-28-20/h3-4,7,10-12,16,20,23,28H,5-6,8-9,13-15H2,1-2H3. The summed E-state index contributed by atoms with van der Waals surface area (Å²) in [5.74, 6) is 2.16. The predicted molar refractivity (Wildman–Crippen MR) is 136 cm³/mol. The summed E-state index contributed by atoms with van der Waals surface area (Å²) in [7, 11) is 3.65. The molecule has 7 rings (SSSR count). The van der Waals surface area contributed by atoms with Crippen molar-refractivity contribution in [3.8, 4) is 17.3 Å². The van der Waals surface area contributed by atoms with Crippen molar-refractivity contribution in [2.45, 2.75) is 31.5 Å². The maximum Gasteiger partial charge on any atom is 0.254 e. The van der Waals surface area contributed by atoms with Gasteiger partial charge < -0.3 is 28.8 Å². The van der Waals surface area contributed by atoms with E-state index in [9.17, 15) is 4.79 Å². The van der Waals surface area contributed by atoms with E-state index in [1.54, 1.807) is 7.11 Å². The maximum atomic E-state index is 13.5. The summed E-state index contributed by atoms with van der Waals surface area (Å²) < 4.78 is 16.0. The van der Waals surface area contributed by atoms with Gasteiger partial charge in [0.05, 0.1) is 37.1 Å². The third kappa shape index (κ3) is 3.49. The number of hydrogen-bond donors (Lipinski definition) is 1. The van der Waals surface area contributed by atoms with E-state index < -0.39 is 0 Å². The molecule has 0 bridgehead atoms. The SMILES string of the molecule is COc1cc(C(=O)N2CC3NCCOC3C2)cc2nc(-c3cc4cccnc4n3CC3CC3)n(C)c12. The Bertz CT molecular complexity index is 1470. The molecular weight excluding hydrogens is 456 g/mol. The Morgan fingerprint density at radius 3 is 2.94 bits per heavy atom. The number of amides is 1. The molecule has 186 valence electrons. The Hall–Kier alpha value is -3.43. The van der Waals surface area contributed by atoms with Gasteiger partial charge in [-0.2, -0.15) is 0 Å². The predicted octanol–water partition coefficient (Wildman–Crippen LogP) is 2.82. The molecule has 0 spiro atoms. The summed E-state index contributed by atoms with van der Waals surface area (Å²) in [6.45, 7) is 3.69. The lowest BCUT2D eigenvalue weighted by Crippen LogP contribution is -2.47. The van der Waals surface area contributed by atoms with Gasteiger partial charge in [0.25, 0.3) is 5.91 Å². The van der Waals surface area contributed by atoms with Crippen LogP contribution in [0.3, 0.4) is 0 Å². The third-order valence-corrected chi connectivity index (χ3v) is 7.82. The van der Waals surface area contributed by atoms with E-state index in [0.717, 1.165) is 46.7 Å². The van der Waals surface area contributed by atoms with Gasteiger partial charge in [-0.25, -0.2) is 9.97 Å². The molecule has 9 nitrogen and oxygen atoms in total. The largest absolute Gasteiger partial charge is 0.494 e. The lowest BCUT2D eigenvalue weighted by atomic mass is 10.1. The molecule has 1 aliphatic carbocycles. The topological polar surface area (TPSA) is 86.4 Å². The van der Waals surface area contributed by atoms with Crippen molar-refractivity contribution < 1.29 is 14.3 Å². The van der Waals surface area contributed by atoms with E-state index in [0.29, 0.717) is 36.9 Å². The fraction of sp³-hybridized carbons (Fsp3) is 0.444. The Balaban J connectivity index is 1.31. The van der Waals surface area contributed by atoms with E-state index in [4.69, 9.17) is 14.5 Å². The van der Waals surface area contributed by atoms with Gasteiger partial charge in [0, 0.05) is 50.4 Å². The quantitative estimate of drug-likeness (QED) is 0.467. The van der Waals surface area contributed by atoms with Crippen molar-refractivity contribution in [3.63, 3.8) is 0 Å². The minimum atomic E-state index is -0.0192. The summed E-state index contributed by atoms with van der Waals surface area (Å²) in [4.78, 5) is 25.1. The molecule has 2 unspecified atom stereocenters. The van der Waals surface area contributed by atoms with Crippen LogP contribution in [0.15, 0.2) is 36.5 Å². The van der Waals surface area contributed by atoms with Crippen molar-refractivity contribution in [2.75, 3.05) is 33.4 Å². The van der Waals surface area contributed by atoms with Gasteiger partial charge in [0.1, 0.15) is 16.9 Å². The molecule has 36 heavy (non-hydrogen) atoms. The number of rotatable bonds is 5. The lowest BCUT2D eigenvalue weighted by Gasteiger charge is -2.25. The molecule has 5 heterocycles. The van der Waals surface area contributed by atoms with Crippen molar-refractivity contribution in [1.82, 2.24) is 29.3 Å². The van der Waals surface area contributed by atoms with E-state index in [2.05, 4.69) is 31.6 Å². The number of benzene rings is 1. The van der Waals surface area contributed by atoms with Gasteiger partial charge >= 0.3 is 0 Å². The van der Waals surface area contributed by atoms with Gasteiger partial charge in [0.2, 0.25) is 0 Å². The van der Waals surface area contributed by atoms with Crippen LogP contribution in [-0.4, -0.2) is 75.4 Å². The zero-order valence-corrected chi connectivity index (χ0v) is 20.6. The van der Waals surface area contributed by atoms with E-state index >= 15 is 0 Å². The van der Waals surface area contributed by atoms with Gasteiger partial charge in [-0.05, 0) is 49.1 Å². The molecule has 1 saturated carbocycles. The molecule has 4 aromatic rings. The molecule has 3 aliphatic rings. The highest BCUT2D eigenvalue weighted by Crippen LogP contribution is 2.37. The molecule has 2 saturated heterocycles. The second kappa shape index (κ2) is 8.31. The number of ether oxygens (including phenoxy) is 2. The number of imidazole rings is 1. The van der Waals surface area contributed by atoms with Crippen molar-refractivity contribution >= 4 is 28.0 Å². The minimum Gasteiger partial charge on any atom is -0.494 e. The molecule has 3 aromatic heterocycles. The Morgan fingerprint density at radius 1 is 1.25 bits per heavy atom. The van der Waals surface area contributed by atoms with Crippen molar-refractivity contribution in [3.05, 3.63) is 42.1 Å². The van der Waals surface area contributed by atoms with Crippen LogP contribution >= 0.6 is 0 Å². The average molecular weight is 487 g/mol. The fourth-order valence-corrected chi connectivity index (χ4v) is 5.78. The maximum absolute atomic E-state index is 13.5. The number of fused-ring (bicyclic) bond motifs is 3. The molecule has 3 fully saturated rings. The van der Waals surface area contributed by atoms with Gasteiger partial charge in [-0.15, -0.1) is 0 Å². The van der Waals surface area contributed by atoms with E-state index in [-0.39, 0.29) is 18.1 Å². The number of aromatic nitrogens is 4. The van der Waals surface area contributed by atoms with E-state index in [1.165, 1.54) is 12.8 Å². The molecule has 2 atom stereocenters. The van der Waals surface area contributed by atoms with Crippen LogP contribution in [0.25, 0.3) is 33.6 Å². The smallest absolute Gasteiger partial charge is 0.254 e. The van der Waals surface area contributed by atoms with Crippen LogP contribution in [0, 0.1) is 5.92 Å². The fourth-order valence-electron chi connectivity index (χ4n) is 5.78. The van der Waals surface area contributed by atoms with Gasteiger partial charge in [0.15, 0.2) is 5.82 Å². The zero-order valence-electron chi connectivity index (χ0n) is 20.6. The number of carbonyl (C=O) groups excluding carboxylic acids is 1. The van der Waals surface area contributed by atoms with Crippen LogP contribution in [0.5, 0.6) is 5.75 Å². The molecule has 0 radical (unpaired) electrons. The summed E-state index contributed by atoms with van der Waals surface area (Å²) in [5, 5.41) is 4.57. The molecular formula is C27H30N6O3. The molecule has 1 aromatic carbocycles. The second-order valence-electron chi connectivity index (χ2n) is 10.2. The highest BCUT2D eigenvalue weighted by atomic mass is 16.5. The number of nitrogens with one attached hydrogen (secondary N) is 1. The number of pyridine rings is 1. The van der Waals surface area contributed by atoms with Crippen LogP contribution < -0.4 is 10.1 Å². The summed E-state index contributed by atoms with van der Waals surface area (Å²) in [5.41, 5.74) is 4.23.